The Bertz CT molecular complexity index is 1150. The van der Waals surface area contributed by atoms with Crippen LogP contribution in [0.25, 0.3) is 0 Å². The monoisotopic (exact) mass is 459 g/mol. The van der Waals surface area contributed by atoms with E-state index >= 15 is 0 Å². The second kappa shape index (κ2) is 8.60. The average Bonchev–Trinajstić information content (AvgIpc) is 3.16. The number of ether oxygens (including phenoxy) is 2. The fourth-order valence-electron chi connectivity index (χ4n) is 3.92. The summed E-state index contributed by atoms with van der Waals surface area (Å²) in [4.78, 5) is 12.4. The molecule has 0 radical (unpaired) electrons. The van der Waals surface area contributed by atoms with Crippen LogP contribution in [-0.2, 0) is 14.8 Å². The number of carbonyl (C=O) groups is 1. The molecule has 0 aliphatic carbocycles. The van der Waals surface area contributed by atoms with Gasteiger partial charge in [0.25, 0.3) is 0 Å². The van der Waals surface area contributed by atoms with Gasteiger partial charge < -0.3 is 14.6 Å². The summed E-state index contributed by atoms with van der Waals surface area (Å²) >= 11 is 0. The van der Waals surface area contributed by atoms with E-state index in [1.807, 2.05) is 27.7 Å². The summed E-state index contributed by atoms with van der Waals surface area (Å²) in [6, 6.07) is 9.81. The molecule has 0 amide bonds. The van der Waals surface area contributed by atoms with Gasteiger partial charge in [-0.25, -0.2) is 13.2 Å². The smallest absolute Gasteiger partial charge is 0.333 e. The Hall–Kier alpha value is -2.84. The molecule has 3 rings (SSSR count). The molecule has 0 aromatic heterocycles. The Kier molecular flexibility index (Phi) is 6.40. The number of hydrogen-bond donors (Lipinski definition) is 1. The van der Waals surface area contributed by atoms with Gasteiger partial charge >= 0.3 is 5.97 Å². The van der Waals surface area contributed by atoms with Crippen molar-refractivity contribution in [2.45, 2.75) is 44.7 Å². The standard InChI is InChI=1S/C24H29NO6S/c1-15-7-10-17(11-8-15)32(28,29)25-21(24(2,3)4)14-18(23(26)27)22(25)16-9-12-19(30-5)20(13-16)31-6/h7-14,21-22H,1-6H3,(H,26,27)/t21-,22?/m0/s1. The first-order chi connectivity index (χ1) is 14.9. The molecule has 0 spiro atoms. The second-order valence-electron chi connectivity index (χ2n) is 8.90. The molecule has 1 unspecified atom stereocenters. The van der Waals surface area contributed by atoms with Crippen molar-refractivity contribution in [3.05, 3.63) is 65.2 Å². The molecule has 0 fully saturated rings. The van der Waals surface area contributed by atoms with Crippen molar-refractivity contribution in [1.82, 2.24) is 4.31 Å². The Labute approximate surface area is 189 Å². The summed E-state index contributed by atoms with van der Waals surface area (Å²) < 4.78 is 39.7. The fraction of sp³-hybridized carbons (Fsp3) is 0.375. The van der Waals surface area contributed by atoms with E-state index in [-0.39, 0.29) is 10.5 Å². The zero-order chi connectivity index (χ0) is 23.8. The largest absolute Gasteiger partial charge is 0.493 e. The lowest BCUT2D eigenvalue weighted by Gasteiger charge is -2.37. The SMILES string of the molecule is COc1ccc(C2C(C(=O)O)=C[C@@H](C(C)(C)C)N2S(=O)(=O)c2ccc(C)cc2)cc1OC. The summed E-state index contributed by atoms with van der Waals surface area (Å²) in [7, 11) is -1.07. The van der Waals surface area contributed by atoms with Gasteiger partial charge in [-0.3, -0.25) is 0 Å². The van der Waals surface area contributed by atoms with Crippen molar-refractivity contribution < 1.29 is 27.8 Å². The van der Waals surface area contributed by atoms with E-state index in [0.29, 0.717) is 17.1 Å². The molecule has 2 aromatic rings. The zero-order valence-electron chi connectivity index (χ0n) is 19.1. The van der Waals surface area contributed by atoms with Gasteiger partial charge in [-0.15, -0.1) is 0 Å². The molecule has 2 atom stereocenters. The first kappa shape index (κ1) is 23.8. The minimum atomic E-state index is -4.04. The van der Waals surface area contributed by atoms with Crippen LogP contribution in [-0.4, -0.2) is 44.1 Å². The number of benzene rings is 2. The summed E-state index contributed by atoms with van der Waals surface area (Å²) in [6.07, 6.45) is 1.55. The van der Waals surface area contributed by atoms with Crippen molar-refractivity contribution in [1.29, 1.82) is 0 Å². The number of nitrogens with zero attached hydrogens (tertiary/aromatic N) is 1. The van der Waals surface area contributed by atoms with Crippen LogP contribution in [0.1, 0.15) is 37.9 Å². The van der Waals surface area contributed by atoms with Gasteiger partial charge in [0.15, 0.2) is 11.5 Å². The van der Waals surface area contributed by atoms with Gasteiger partial charge in [0.2, 0.25) is 10.0 Å². The van der Waals surface area contributed by atoms with E-state index in [4.69, 9.17) is 9.47 Å². The van der Waals surface area contributed by atoms with Crippen LogP contribution in [0.3, 0.4) is 0 Å². The average molecular weight is 460 g/mol. The fourth-order valence-corrected chi connectivity index (χ4v) is 5.83. The van der Waals surface area contributed by atoms with Gasteiger partial charge in [0, 0.05) is 6.04 Å². The quantitative estimate of drug-likeness (QED) is 0.697. The number of carboxylic acid groups (broad SMARTS) is 1. The molecule has 1 aliphatic heterocycles. The molecule has 1 aliphatic rings. The van der Waals surface area contributed by atoms with E-state index in [9.17, 15) is 18.3 Å². The van der Waals surface area contributed by atoms with Gasteiger partial charge in [0.05, 0.1) is 30.7 Å². The van der Waals surface area contributed by atoms with Crippen molar-refractivity contribution in [2.24, 2.45) is 5.41 Å². The lowest BCUT2D eigenvalue weighted by atomic mass is 9.87. The molecule has 0 saturated heterocycles. The summed E-state index contributed by atoms with van der Waals surface area (Å²) in [6.45, 7) is 7.55. The number of aryl methyl sites for hydroxylation is 1. The molecule has 0 saturated carbocycles. The van der Waals surface area contributed by atoms with Crippen LogP contribution in [0.5, 0.6) is 11.5 Å². The number of methoxy groups -OCH3 is 2. The Morgan fingerprint density at radius 3 is 2.09 bits per heavy atom. The molecule has 0 bridgehead atoms. The van der Waals surface area contributed by atoms with Crippen molar-refractivity contribution >= 4 is 16.0 Å². The first-order valence-electron chi connectivity index (χ1n) is 10.2. The van der Waals surface area contributed by atoms with Crippen LogP contribution < -0.4 is 9.47 Å². The minimum Gasteiger partial charge on any atom is -0.493 e. The van der Waals surface area contributed by atoms with Crippen molar-refractivity contribution in [3.63, 3.8) is 0 Å². The number of aliphatic carboxylic acids is 1. The summed E-state index contributed by atoms with van der Waals surface area (Å²) in [5.41, 5.74) is 0.870. The van der Waals surface area contributed by atoms with E-state index in [1.165, 1.54) is 18.5 Å². The highest BCUT2D eigenvalue weighted by atomic mass is 32.2. The number of hydrogen-bond acceptors (Lipinski definition) is 5. The van der Waals surface area contributed by atoms with Crippen LogP contribution in [0, 0.1) is 12.3 Å². The third-order valence-electron chi connectivity index (χ3n) is 5.61. The highest BCUT2D eigenvalue weighted by molar-refractivity contribution is 7.89. The maximum atomic E-state index is 13.9. The maximum Gasteiger partial charge on any atom is 0.333 e. The lowest BCUT2D eigenvalue weighted by molar-refractivity contribution is -0.133. The van der Waals surface area contributed by atoms with Gasteiger partial charge in [-0.05, 0) is 42.2 Å². The van der Waals surface area contributed by atoms with Gasteiger partial charge in [-0.1, -0.05) is 50.6 Å². The molecule has 7 nitrogen and oxygen atoms in total. The Morgan fingerprint density at radius 2 is 1.59 bits per heavy atom. The van der Waals surface area contributed by atoms with E-state index in [2.05, 4.69) is 0 Å². The third kappa shape index (κ3) is 4.25. The van der Waals surface area contributed by atoms with Crippen LogP contribution in [0.2, 0.25) is 0 Å². The number of carboxylic acids is 1. The van der Waals surface area contributed by atoms with Crippen molar-refractivity contribution in [3.8, 4) is 11.5 Å². The van der Waals surface area contributed by atoms with Crippen LogP contribution in [0.15, 0.2) is 59.0 Å². The summed E-state index contributed by atoms with van der Waals surface area (Å²) in [5.74, 6) is -0.308. The second-order valence-corrected chi connectivity index (χ2v) is 10.7. The van der Waals surface area contributed by atoms with E-state index in [1.54, 1.807) is 48.5 Å². The molecule has 8 heteroatoms. The summed E-state index contributed by atoms with van der Waals surface area (Å²) in [5, 5.41) is 10.0. The molecule has 32 heavy (non-hydrogen) atoms. The third-order valence-corrected chi connectivity index (χ3v) is 7.48. The molecule has 172 valence electrons. The number of sulfonamides is 1. The first-order valence-corrected chi connectivity index (χ1v) is 11.6. The highest BCUT2D eigenvalue weighted by Gasteiger charge is 2.49. The maximum absolute atomic E-state index is 13.9. The van der Waals surface area contributed by atoms with Crippen LogP contribution in [0.4, 0.5) is 0 Å². The predicted molar refractivity (Wildman–Crippen MR) is 121 cm³/mol. The zero-order valence-corrected chi connectivity index (χ0v) is 19.9. The van der Waals surface area contributed by atoms with Crippen LogP contribution >= 0.6 is 0 Å². The molecule has 2 aromatic carbocycles. The molecule has 1 heterocycles. The van der Waals surface area contributed by atoms with Crippen molar-refractivity contribution in [2.75, 3.05) is 14.2 Å². The Morgan fingerprint density at radius 1 is 1.00 bits per heavy atom. The van der Waals surface area contributed by atoms with E-state index in [0.717, 1.165) is 5.56 Å². The lowest BCUT2D eigenvalue weighted by Crippen LogP contribution is -2.45. The van der Waals surface area contributed by atoms with Gasteiger partial charge in [-0.2, -0.15) is 4.31 Å². The molecular weight excluding hydrogens is 430 g/mol. The number of rotatable bonds is 6. The predicted octanol–water partition coefficient (Wildman–Crippen LogP) is 4.18. The van der Waals surface area contributed by atoms with Gasteiger partial charge in [0.1, 0.15) is 0 Å². The Balaban J connectivity index is 2.26. The van der Waals surface area contributed by atoms with E-state index < -0.39 is 33.5 Å². The molecular formula is C24H29NO6S. The molecule has 1 N–H and O–H groups in total. The topological polar surface area (TPSA) is 93.1 Å². The normalized spacial score (nSPS) is 19.5. The highest BCUT2D eigenvalue weighted by Crippen LogP contribution is 2.47. The minimum absolute atomic E-state index is 0.00725.